The number of aryl methyl sites for hydroxylation is 1. The van der Waals surface area contributed by atoms with E-state index in [0.717, 1.165) is 41.5 Å². The summed E-state index contributed by atoms with van der Waals surface area (Å²) in [6.45, 7) is 0. The standard InChI is InChI=1S/C18H15NO2S/c20-17-13-8-2-1-6-12(13)7-5-11-16(17)22-18-19-14-9-3-4-10-15(14)21-18/h1-4,6,8-10,16H,5,7,11H2. The van der Waals surface area contributed by atoms with Gasteiger partial charge in [-0.3, -0.25) is 4.79 Å². The zero-order valence-corrected chi connectivity index (χ0v) is 12.8. The zero-order chi connectivity index (χ0) is 14.9. The molecule has 0 saturated carbocycles. The zero-order valence-electron chi connectivity index (χ0n) is 12.0. The minimum atomic E-state index is -0.114. The SMILES string of the molecule is O=C1c2ccccc2CCCC1Sc1nc2ccccc2o1. The third-order valence-corrected chi connectivity index (χ3v) is 5.12. The van der Waals surface area contributed by atoms with Gasteiger partial charge in [-0.2, -0.15) is 0 Å². The summed E-state index contributed by atoms with van der Waals surface area (Å²) in [4.78, 5) is 17.2. The Morgan fingerprint density at radius 2 is 1.91 bits per heavy atom. The number of Topliss-reactive ketones (excluding diaryl/α,β-unsaturated/α-hetero) is 1. The van der Waals surface area contributed by atoms with E-state index >= 15 is 0 Å². The maximum absolute atomic E-state index is 12.8. The van der Waals surface area contributed by atoms with Gasteiger partial charge in [-0.05, 0) is 37.0 Å². The van der Waals surface area contributed by atoms with Crippen molar-refractivity contribution in [2.75, 3.05) is 0 Å². The third-order valence-electron chi connectivity index (χ3n) is 4.01. The minimum absolute atomic E-state index is 0.114. The molecule has 22 heavy (non-hydrogen) atoms. The topological polar surface area (TPSA) is 43.1 Å². The fourth-order valence-electron chi connectivity index (χ4n) is 2.90. The lowest BCUT2D eigenvalue weighted by molar-refractivity contribution is 0.0988. The van der Waals surface area contributed by atoms with Crippen molar-refractivity contribution in [3.63, 3.8) is 0 Å². The summed E-state index contributed by atoms with van der Waals surface area (Å²) >= 11 is 1.45. The third kappa shape index (κ3) is 2.44. The smallest absolute Gasteiger partial charge is 0.257 e. The number of carbonyl (C=O) groups is 1. The first kappa shape index (κ1) is 13.6. The molecule has 3 aromatic rings. The molecule has 2 aromatic carbocycles. The molecule has 0 bridgehead atoms. The molecule has 1 aliphatic carbocycles. The Morgan fingerprint density at radius 1 is 1.09 bits per heavy atom. The molecule has 0 N–H and O–H groups in total. The molecule has 110 valence electrons. The van der Waals surface area contributed by atoms with E-state index in [1.54, 1.807) is 0 Å². The summed E-state index contributed by atoms with van der Waals surface area (Å²) in [6.07, 6.45) is 2.84. The molecule has 1 aromatic heterocycles. The van der Waals surface area contributed by atoms with Gasteiger partial charge in [0.05, 0.1) is 5.25 Å². The Morgan fingerprint density at radius 3 is 2.82 bits per heavy atom. The molecule has 0 saturated heterocycles. The van der Waals surface area contributed by atoms with Crippen molar-refractivity contribution >= 4 is 28.6 Å². The van der Waals surface area contributed by atoms with Crippen LogP contribution in [-0.4, -0.2) is 16.0 Å². The predicted octanol–water partition coefficient (Wildman–Crippen LogP) is 4.51. The highest BCUT2D eigenvalue weighted by atomic mass is 32.2. The average Bonchev–Trinajstić information content (AvgIpc) is 2.89. The van der Waals surface area contributed by atoms with Crippen molar-refractivity contribution in [2.45, 2.75) is 29.7 Å². The lowest BCUT2D eigenvalue weighted by Crippen LogP contribution is -2.16. The first-order valence-corrected chi connectivity index (χ1v) is 8.33. The number of thioether (sulfide) groups is 1. The van der Waals surface area contributed by atoms with Crippen LogP contribution in [0.25, 0.3) is 11.1 Å². The molecule has 1 heterocycles. The second-order valence-corrected chi connectivity index (χ2v) is 6.62. The number of para-hydroxylation sites is 2. The maximum Gasteiger partial charge on any atom is 0.257 e. The Bertz CT molecular complexity index is 807. The monoisotopic (exact) mass is 309 g/mol. The number of ketones is 1. The maximum atomic E-state index is 12.8. The second kappa shape index (κ2) is 5.61. The van der Waals surface area contributed by atoms with Crippen molar-refractivity contribution in [2.24, 2.45) is 0 Å². The Balaban J connectivity index is 1.63. The second-order valence-electron chi connectivity index (χ2n) is 5.47. The fraction of sp³-hybridized carbons (Fsp3) is 0.222. The molecule has 0 fully saturated rings. The molecule has 1 atom stereocenters. The van der Waals surface area contributed by atoms with E-state index in [0.29, 0.717) is 5.22 Å². The highest BCUT2D eigenvalue weighted by molar-refractivity contribution is 8.00. The molecule has 4 heteroatoms. The lowest BCUT2D eigenvalue weighted by Gasteiger charge is -2.10. The van der Waals surface area contributed by atoms with Crippen LogP contribution in [0, 0.1) is 0 Å². The average molecular weight is 309 g/mol. The number of nitrogens with zero attached hydrogens (tertiary/aromatic N) is 1. The van der Waals surface area contributed by atoms with E-state index in [9.17, 15) is 4.79 Å². The Labute approximate surface area is 132 Å². The van der Waals surface area contributed by atoms with E-state index in [4.69, 9.17) is 4.42 Å². The van der Waals surface area contributed by atoms with Gasteiger partial charge in [0.1, 0.15) is 5.52 Å². The number of carbonyl (C=O) groups excluding carboxylic acids is 1. The van der Waals surface area contributed by atoms with Crippen molar-refractivity contribution in [3.8, 4) is 0 Å². The highest BCUT2D eigenvalue weighted by Gasteiger charge is 2.27. The first-order valence-electron chi connectivity index (χ1n) is 7.45. The van der Waals surface area contributed by atoms with Gasteiger partial charge >= 0.3 is 0 Å². The molecular weight excluding hydrogens is 294 g/mol. The van der Waals surface area contributed by atoms with Crippen molar-refractivity contribution in [1.82, 2.24) is 4.98 Å². The van der Waals surface area contributed by atoms with E-state index < -0.39 is 0 Å². The minimum Gasteiger partial charge on any atom is -0.431 e. The Hall–Kier alpha value is -2.07. The molecule has 3 nitrogen and oxygen atoms in total. The quantitative estimate of drug-likeness (QED) is 0.653. The predicted molar refractivity (Wildman–Crippen MR) is 87.4 cm³/mol. The lowest BCUT2D eigenvalue weighted by atomic mass is 10.0. The van der Waals surface area contributed by atoms with Crippen LogP contribution in [0.3, 0.4) is 0 Å². The first-order chi connectivity index (χ1) is 10.8. The summed E-state index contributed by atoms with van der Waals surface area (Å²) in [6, 6.07) is 15.6. The van der Waals surface area contributed by atoms with Gasteiger partial charge in [-0.15, -0.1) is 0 Å². The van der Waals surface area contributed by atoms with Crippen molar-refractivity contribution in [1.29, 1.82) is 0 Å². The molecule has 4 rings (SSSR count). The van der Waals surface area contributed by atoms with Crippen LogP contribution in [0.4, 0.5) is 0 Å². The van der Waals surface area contributed by atoms with E-state index in [2.05, 4.69) is 11.1 Å². The summed E-state index contributed by atoms with van der Waals surface area (Å²) in [7, 11) is 0. The molecule has 0 amide bonds. The molecule has 0 spiro atoms. The summed E-state index contributed by atoms with van der Waals surface area (Å²) in [5.41, 5.74) is 3.62. The summed E-state index contributed by atoms with van der Waals surface area (Å²) in [5, 5.41) is 0.468. The van der Waals surface area contributed by atoms with E-state index in [1.807, 2.05) is 42.5 Å². The van der Waals surface area contributed by atoms with Crippen LogP contribution in [0.1, 0.15) is 28.8 Å². The van der Waals surface area contributed by atoms with E-state index in [1.165, 1.54) is 11.8 Å². The van der Waals surface area contributed by atoms with Gasteiger partial charge in [0.2, 0.25) is 0 Å². The summed E-state index contributed by atoms with van der Waals surface area (Å²) in [5.74, 6) is 0.195. The van der Waals surface area contributed by atoms with Crippen LogP contribution in [0.2, 0.25) is 0 Å². The van der Waals surface area contributed by atoms with Gasteiger partial charge in [0, 0.05) is 5.56 Å². The molecule has 0 aliphatic heterocycles. The Kier molecular flexibility index (Phi) is 3.47. The number of benzene rings is 2. The van der Waals surface area contributed by atoms with Crippen molar-refractivity contribution < 1.29 is 9.21 Å². The van der Waals surface area contributed by atoms with Crippen LogP contribution >= 0.6 is 11.8 Å². The van der Waals surface area contributed by atoms with Gasteiger partial charge < -0.3 is 4.42 Å². The van der Waals surface area contributed by atoms with Gasteiger partial charge in [0.15, 0.2) is 11.4 Å². The number of rotatable bonds is 2. The van der Waals surface area contributed by atoms with E-state index in [-0.39, 0.29) is 11.0 Å². The number of aromatic nitrogens is 1. The van der Waals surface area contributed by atoms with Crippen LogP contribution in [0.5, 0.6) is 0 Å². The van der Waals surface area contributed by atoms with Crippen molar-refractivity contribution in [3.05, 3.63) is 59.7 Å². The fourth-order valence-corrected chi connectivity index (χ4v) is 3.95. The van der Waals surface area contributed by atoms with Gasteiger partial charge in [-0.25, -0.2) is 4.98 Å². The number of oxazole rings is 1. The molecule has 1 unspecified atom stereocenters. The molecule has 0 radical (unpaired) electrons. The molecule has 1 aliphatic rings. The number of fused-ring (bicyclic) bond motifs is 2. The van der Waals surface area contributed by atoms with Gasteiger partial charge in [-0.1, -0.05) is 48.2 Å². The van der Waals surface area contributed by atoms with Crippen LogP contribution in [0.15, 0.2) is 58.2 Å². The summed E-state index contributed by atoms with van der Waals surface area (Å²) < 4.78 is 5.75. The number of hydrogen-bond acceptors (Lipinski definition) is 4. The van der Waals surface area contributed by atoms with Gasteiger partial charge in [0.25, 0.3) is 5.22 Å². The molecular formula is C18H15NO2S. The largest absolute Gasteiger partial charge is 0.431 e. The number of hydrogen-bond donors (Lipinski definition) is 0. The highest BCUT2D eigenvalue weighted by Crippen LogP contribution is 2.33. The van der Waals surface area contributed by atoms with Crippen LogP contribution in [-0.2, 0) is 6.42 Å². The van der Waals surface area contributed by atoms with Crippen LogP contribution < -0.4 is 0 Å². The normalized spacial score (nSPS) is 18.2.